The van der Waals surface area contributed by atoms with Crippen LogP contribution >= 0.6 is 0 Å². The second-order valence-electron chi connectivity index (χ2n) is 5.95. The van der Waals surface area contributed by atoms with Crippen LogP contribution in [0.15, 0.2) is 18.2 Å². The highest BCUT2D eigenvalue weighted by Crippen LogP contribution is 2.25. The van der Waals surface area contributed by atoms with Crippen LogP contribution < -0.4 is 0 Å². The smallest absolute Gasteiger partial charge is 0.275 e. The van der Waals surface area contributed by atoms with Gasteiger partial charge < -0.3 is 10.0 Å². The first-order valence-electron chi connectivity index (χ1n) is 7.57. The van der Waals surface area contributed by atoms with Crippen LogP contribution in [0.3, 0.4) is 0 Å². The van der Waals surface area contributed by atoms with Gasteiger partial charge in [0.1, 0.15) is 0 Å². The van der Waals surface area contributed by atoms with E-state index in [-0.39, 0.29) is 23.2 Å². The van der Waals surface area contributed by atoms with Gasteiger partial charge in [-0.2, -0.15) is 5.10 Å². The van der Waals surface area contributed by atoms with E-state index in [0.717, 1.165) is 12.8 Å². The minimum atomic E-state index is -0.495. The van der Waals surface area contributed by atoms with Crippen molar-refractivity contribution in [2.24, 2.45) is 5.92 Å². The lowest BCUT2D eigenvalue weighted by atomic mass is 9.93. The Kier molecular flexibility index (Phi) is 3.99. The fraction of sp³-hybridized carbons (Fsp3) is 0.467. The third-order valence-corrected chi connectivity index (χ3v) is 4.39. The number of non-ortho nitro benzene ring substituents is 1. The predicted octanol–water partition coefficient (Wildman–Crippen LogP) is 1.70. The predicted molar refractivity (Wildman–Crippen MR) is 83.1 cm³/mol. The number of rotatable bonds is 3. The van der Waals surface area contributed by atoms with E-state index in [9.17, 15) is 20.0 Å². The lowest BCUT2D eigenvalue weighted by Gasteiger charge is -2.33. The van der Waals surface area contributed by atoms with Crippen LogP contribution in [0.1, 0.15) is 30.3 Å². The summed E-state index contributed by atoms with van der Waals surface area (Å²) < 4.78 is 0. The molecule has 0 spiro atoms. The highest BCUT2D eigenvalue weighted by atomic mass is 16.6. The van der Waals surface area contributed by atoms with E-state index in [1.807, 2.05) is 0 Å². The largest absolute Gasteiger partial charge is 0.393 e. The number of carbonyl (C=O) groups excluding carboxylic acids is 1. The second-order valence-corrected chi connectivity index (χ2v) is 5.95. The van der Waals surface area contributed by atoms with E-state index >= 15 is 0 Å². The third kappa shape index (κ3) is 2.89. The molecule has 0 bridgehead atoms. The molecule has 8 heteroatoms. The summed E-state index contributed by atoms with van der Waals surface area (Å²) in [6.45, 7) is 2.80. The summed E-state index contributed by atoms with van der Waals surface area (Å²) in [5.41, 5.74) is 0.700. The Morgan fingerprint density at radius 3 is 3.04 bits per heavy atom. The number of hydrogen-bond acceptors (Lipinski definition) is 5. The van der Waals surface area contributed by atoms with E-state index in [4.69, 9.17) is 0 Å². The molecule has 1 saturated heterocycles. The number of nitrogens with zero attached hydrogens (tertiary/aromatic N) is 3. The maximum absolute atomic E-state index is 12.7. The first kappa shape index (κ1) is 15.4. The number of hydrogen-bond donors (Lipinski definition) is 2. The normalized spacial score (nSPS) is 19.7. The van der Waals surface area contributed by atoms with Crippen molar-refractivity contribution in [1.82, 2.24) is 15.1 Å². The highest BCUT2D eigenvalue weighted by molar-refractivity contribution is 6.05. The molecule has 1 aliphatic heterocycles. The minimum Gasteiger partial charge on any atom is -0.393 e. The van der Waals surface area contributed by atoms with Gasteiger partial charge in [0.2, 0.25) is 0 Å². The van der Waals surface area contributed by atoms with Crippen LogP contribution in [-0.2, 0) is 0 Å². The number of nitro groups is 1. The first-order chi connectivity index (χ1) is 11.0. The molecular formula is C15H18N4O4. The first-order valence-corrected chi connectivity index (χ1v) is 7.57. The quantitative estimate of drug-likeness (QED) is 0.660. The molecule has 2 aromatic rings. The standard InChI is InChI=1S/C15H18N4O4/c1-9(20)10-3-2-6-18(8-10)15(21)14-12-7-11(19(22)23)4-5-13(12)16-17-14/h4-5,7,9-10,20H,2-3,6,8H2,1H3,(H,16,17). The lowest BCUT2D eigenvalue weighted by molar-refractivity contribution is -0.384. The van der Waals surface area contributed by atoms with E-state index in [1.54, 1.807) is 17.9 Å². The summed E-state index contributed by atoms with van der Waals surface area (Å²) >= 11 is 0. The molecule has 23 heavy (non-hydrogen) atoms. The number of aliphatic hydroxyl groups is 1. The molecule has 2 unspecified atom stereocenters. The zero-order valence-electron chi connectivity index (χ0n) is 12.7. The summed E-state index contributed by atoms with van der Waals surface area (Å²) in [5.74, 6) is -0.214. The maximum Gasteiger partial charge on any atom is 0.275 e. The molecule has 1 aromatic carbocycles. The fourth-order valence-electron chi connectivity index (χ4n) is 3.02. The zero-order chi connectivity index (χ0) is 16.6. The van der Waals surface area contributed by atoms with Crippen LogP contribution in [-0.4, -0.2) is 50.2 Å². The number of nitro benzene ring substituents is 1. The number of fused-ring (bicyclic) bond motifs is 1. The van der Waals surface area contributed by atoms with E-state index < -0.39 is 11.0 Å². The number of carbonyl (C=O) groups is 1. The molecule has 8 nitrogen and oxygen atoms in total. The van der Waals surface area contributed by atoms with Gasteiger partial charge in [-0.1, -0.05) is 0 Å². The molecule has 2 atom stereocenters. The van der Waals surface area contributed by atoms with Gasteiger partial charge in [0.25, 0.3) is 11.6 Å². The third-order valence-electron chi connectivity index (χ3n) is 4.39. The van der Waals surface area contributed by atoms with Crippen molar-refractivity contribution in [3.05, 3.63) is 34.0 Å². The highest BCUT2D eigenvalue weighted by Gasteiger charge is 2.29. The van der Waals surface area contributed by atoms with E-state index in [1.165, 1.54) is 12.1 Å². The number of aliphatic hydroxyl groups excluding tert-OH is 1. The van der Waals surface area contributed by atoms with Gasteiger partial charge in [0.15, 0.2) is 5.69 Å². The molecule has 1 aromatic heterocycles. The van der Waals surface area contributed by atoms with Crippen LogP contribution in [0.4, 0.5) is 5.69 Å². The molecule has 2 N–H and O–H groups in total. The molecule has 122 valence electrons. The molecule has 3 rings (SSSR count). The topological polar surface area (TPSA) is 112 Å². The number of H-pyrrole nitrogens is 1. The second kappa shape index (κ2) is 5.96. The Labute approximate surface area is 132 Å². The maximum atomic E-state index is 12.7. The van der Waals surface area contributed by atoms with Crippen molar-refractivity contribution < 1.29 is 14.8 Å². The molecule has 2 heterocycles. The van der Waals surface area contributed by atoms with E-state index in [0.29, 0.717) is 24.0 Å². The number of nitrogens with one attached hydrogen (secondary N) is 1. The molecule has 1 aliphatic rings. The number of aromatic amines is 1. The van der Waals surface area contributed by atoms with Gasteiger partial charge in [-0.3, -0.25) is 20.0 Å². The van der Waals surface area contributed by atoms with Crippen molar-refractivity contribution >= 4 is 22.5 Å². The molecular weight excluding hydrogens is 300 g/mol. The number of benzene rings is 1. The number of aromatic nitrogens is 2. The Morgan fingerprint density at radius 2 is 2.35 bits per heavy atom. The van der Waals surface area contributed by atoms with Crippen molar-refractivity contribution in [2.45, 2.75) is 25.9 Å². The van der Waals surface area contributed by atoms with Gasteiger partial charge in [0.05, 0.1) is 16.5 Å². The number of likely N-dealkylation sites (tertiary alicyclic amines) is 1. The zero-order valence-corrected chi connectivity index (χ0v) is 12.7. The van der Waals surface area contributed by atoms with Gasteiger partial charge >= 0.3 is 0 Å². The summed E-state index contributed by atoms with van der Waals surface area (Å²) in [6.07, 6.45) is 1.24. The molecule has 0 radical (unpaired) electrons. The number of amides is 1. The van der Waals surface area contributed by atoms with Gasteiger partial charge in [-0.15, -0.1) is 0 Å². The summed E-state index contributed by atoms with van der Waals surface area (Å²) in [7, 11) is 0. The molecule has 0 aliphatic carbocycles. The molecule has 1 fully saturated rings. The fourth-order valence-corrected chi connectivity index (χ4v) is 3.02. The summed E-state index contributed by atoms with van der Waals surface area (Å²) in [5, 5.41) is 27.9. The number of piperidine rings is 1. The van der Waals surface area contributed by atoms with Crippen LogP contribution in [0, 0.1) is 16.0 Å². The molecule has 1 amide bonds. The minimum absolute atomic E-state index is 0.0484. The summed E-state index contributed by atoms with van der Waals surface area (Å²) in [6, 6.07) is 4.29. The van der Waals surface area contributed by atoms with E-state index in [2.05, 4.69) is 10.2 Å². The Bertz CT molecular complexity index is 755. The average Bonchev–Trinajstić information content (AvgIpc) is 2.97. The van der Waals surface area contributed by atoms with Crippen LogP contribution in [0.2, 0.25) is 0 Å². The Morgan fingerprint density at radius 1 is 1.57 bits per heavy atom. The van der Waals surface area contributed by atoms with Crippen molar-refractivity contribution in [2.75, 3.05) is 13.1 Å². The van der Waals surface area contributed by atoms with Gasteiger partial charge in [-0.25, -0.2) is 0 Å². The SMILES string of the molecule is CC(O)C1CCCN(C(=O)c2n[nH]c3ccc([N+](=O)[O-])cc23)C1. The van der Waals surface area contributed by atoms with Crippen molar-refractivity contribution in [3.63, 3.8) is 0 Å². The summed E-state index contributed by atoms with van der Waals surface area (Å²) in [4.78, 5) is 24.8. The average molecular weight is 318 g/mol. The van der Waals surface area contributed by atoms with Crippen molar-refractivity contribution in [3.8, 4) is 0 Å². The Hall–Kier alpha value is -2.48. The van der Waals surface area contributed by atoms with Gasteiger partial charge in [-0.05, 0) is 25.8 Å². The lowest BCUT2D eigenvalue weighted by Crippen LogP contribution is -2.43. The van der Waals surface area contributed by atoms with Crippen molar-refractivity contribution in [1.29, 1.82) is 0 Å². The van der Waals surface area contributed by atoms with Crippen LogP contribution in [0.25, 0.3) is 10.9 Å². The van der Waals surface area contributed by atoms with Gasteiger partial charge in [0, 0.05) is 36.5 Å². The van der Waals surface area contributed by atoms with Crippen LogP contribution in [0.5, 0.6) is 0 Å². The molecule has 0 saturated carbocycles. The Balaban J connectivity index is 1.91. The monoisotopic (exact) mass is 318 g/mol.